The molecule has 19 heavy (non-hydrogen) atoms. The Hall–Kier alpha value is -0.930. The van der Waals surface area contributed by atoms with E-state index in [0.717, 1.165) is 12.0 Å². The van der Waals surface area contributed by atoms with Gasteiger partial charge in [0, 0.05) is 13.1 Å². The van der Waals surface area contributed by atoms with Crippen LogP contribution in [0.15, 0.2) is 30.3 Å². The molecule has 5 heteroatoms. The molecule has 0 N–H and O–H groups in total. The van der Waals surface area contributed by atoms with Crippen LogP contribution >= 0.6 is 23.2 Å². The number of benzene rings is 1. The minimum Gasteiger partial charge on any atom is -0.445 e. The van der Waals surface area contributed by atoms with E-state index in [-0.39, 0.29) is 6.09 Å². The Morgan fingerprint density at radius 1 is 1.21 bits per heavy atom. The molecule has 0 aliphatic carbocycles. The topological polar surface area (TPSA) is 29.5 Å². The molecular formula is C14H17Cl2NO2. The molecule has 1 aliphatic rings. The van der Waals surface area contributed by atoms with Crippen LogP contribution in [0.2, 0.25) is 0 Å². The van der Waals surface area contributed by atoms with Gasteiger partial charge >= 0.3 is 6.09 Å². The molecule has 0 bridgehead atoms. The molecule has 1 aliphatic heterocycles. The van der Waals surface area contributed by atoms with E-state index in [2.05, 4.69) is 0 Å². The fourth-order valence-electron chi connectivity index (χ4n) is 2.06. The third-order valence-corrected chi connectivity index (χ3v) is 3.94. The van der Waals surface area contributed by atoms with Gasteiger partial charge in [-0.1, -0.05) is 30.3 Å². The van der Waals surface area contributed by atoms with Crippen LogP contribution < -0.4 is 0 Å². The molecular weight excluding hydrogens is 285 g/mol. The van der Waals surface area contributed by atoms with Gasteiger partial charge in [-0.2, -0.15) is 0 Å². The minimum atomic E-state index is -0.714. The fourth-order valence-corrected chi connectivity index (χ4v) is 2.49. The van der Waals surface area contributed by atoms with E-state index >= 15 is 0 Å². The molecule has 1 heterocycles. The van der Waals surface area contributed by atoms with Crippen molar-refractivity contribution in [2.24, 2.45) is 0 Å². The number of likely N-dealkylation sites (tertiary alicyclic amines) is 1. The van der Waals surface area contributed by atoms with E-state index in [9.17, 15) is 4.79 Å². The molecule has 0 aromatic heterocycles. The Kier molecular flexibility index (Phi) is 4.94. The van der Waals surface area contributed by atoms with Crippen molar-refractivity contribution in [3.8, 4) is 0 Å². The average molecular weight is 302 g/mol. The minimum absolute atomic E-state index is 0.295. The summed E-state index contributed by atoms with van der Waals surface area (Å²) in [5.74, 6) is 0. The maximum absolute atomic E-state index is 12.0. The molecule has 104 valence electrons. The fraction of sp³-hybridized carbons (Fsp3) is 0.500. The highest BCUT2D eigenvalue weighted by Gasteiger charge is 2.29. The highest BCUT2D eigenvalue weighted by Crippen LogP contribution is 2.33. The van der Waals surface area contributed by atoms with Crippen molar-refractivity contribution in [2.75, 3.05) is 13.1 Å². The van der Waals surface area contributed by atoms with Crippen LogP contribution in [0.1, 0.15) is 24.8 Å². The van der Waals surface area contributed by atoms with Crippen LogP contribution in [-0.2, 0) is 11.3 Å². The number of nitrogens with zero attached hydrogens (tertiary/aromatic N) is 1. The van der Waals surface area contributed by atoms with Crippen LogP contribution in [0.4, 0.5) is 4.79 Å². The standard InChI is InChI=1S/C14H17Cl2NO2/c15-14(16)7-4-9-17(10-8-14)13(18)19-11-12-5-2-1-3-6-12/h1-3,5-6H,4,7-11H2. The second kappa shape index (κ2) is 6.49. The number of ether oxygens (including phenoxy) is 1. The monoisotopic (exact) mass is 301 g/mol. The Balaban J connectivity index is 1.83. The Morgan fingerprint density at radius 2 is 1.95 bits per heavy atom. The SMILES string of the molecule is O=C(OCc1ccccc1)N1CCCC(Cl)(Cl)CC1. The zero-order chi connectivity index (χ0) is 13.7. The molecule has 1 saturated heterocycles. The molecule has 0 radical (unpaired) electrons. The molecule has 2 rings (SSSR count). The van der Waals surface area contributed by atoms with E-state index in [1.807, 2.05) is 30.3 Å². The molecule has 0 atom stereocenters. The van der Waals surface area contributed by atoms with E-state index in [1.54, 1.807) is 4.90 Å². The van der Waals surface area contributed by atoms with Crippen LogP contribution in [0, 0.1) is 0 Å². The summed E-state index contributed by atoms with van der Waals surface area (Å²) in [7, 11) is 0. The maximum atomic E-state index is 12.0. The van der Waals surface area contributed by atoms with E-state index in [4.69, 9.17) is 27.9 Å². The largest absolute Gasteiger partial charge is 0.445 e. The van der Waals surface area contributed by atoms with Gasteiger partial charge in [0.05, 0.1) is 0 Å². The summed E-state index contributed by atoms with van der Waals surface area (Å²) in [6.45, 7) is 1.48. The van der Waals surface area contributed by atoms with Gasteiger partial charge in [-0.25, -0.2) is 4.79 Å². The van der Waals surface area contributed by atoms with Crippen LogP contribution in [-0.4, -0.2) is 28.4 Å². The van der Waals surface area contributed by atoms with Crippen molar-refractivity contribution in [1.82, 2.24) is 4.90 Å². The first-order valence-corrected chi connectivity index (χ1v) is 7.16. The van der Waals surface area contributed by atoms with Crippen molar-refractivity contribution in [2.45, 2.75) is 30.2 Å². The number of alkyl halides is 2. The molecule has 1 aromatic rings. The van der Waals surface area contributed by atoms with Gasteiger partial charge in [0.2, 0.25) is 0 Å². The quantitative estimate of drug-likeness (QED) is 0.773. The number of amides is 1. The summed E-state index contributed by atoms with van der Waals surface area (Å²) in [6.07, 6.45) is 1.79. The van der Waals surface area contributed by atoms with Gasteiger partial charge in [0.25, 0.3) is 0 Å². The number of rotatable bonds is 2. The molecule has 0 unspecified atom stereocenters. The van der Waals surface area contributed by atoms with Gasteiger partial charge in [0.1, 0.15) is 10.9 Å². The maximum Gasteiger partial charge on any atom is 0.410 e. The lowest BCUT2D eigenvalue weighted by Gasteiger charge is -2.20. The molecule has 0 saturated carbocycles. The summed E-state index contributed by atoms with van der Waals surface area (Å²) < 4.78 is 4.58. The summed E-state index contributed by atoms with van der Waals surface area (Å²) in [4.78, 5) is 13.6. The van der Waals surface area contributed by atoms with E-state index in [1.165, 1.54) is 0 Å². The number of hydrogen-bond donors (Lipinski definition) is 0. The van der Waals surface area contributed by atoms with Crippen molar-refractivity contribution >= 4 is 29.3 Å². The number of carbonyl (C=O) groups excluding carboxylic acids is 1. The summed E-state index contributed by atoms with van der Waals surface area (Å²) in [5.41, 5.74) is 0.981. The van der Waals surface area contributed by atoms with Crippen molar-refractivity contribution < 1.29 is 9.53 Å². The lowest BCUT2D eigenvalue weighted by Crippen LogP contribution is -2.32. The normalized spacial score (nSPS) is 18.7. The number of halogens is 2. The third-order valence-electron chi connectivity index (χ3n) is 3.18. The number of carbonyl (C=O) groups is 1. The van der Waals surface area contributed by atoms with E-state index in [0.29, 0.717) is 32.5 Å². The van der Waals surface area contributed by atoms with Gasteiger partial charge in [-0.15, -0.1) is 23.2 Å². The Bertz CT molecular complexity index is 423. The summed E-state index contributed by atoms with van der Waals surface area (Å²) in [5, 5.41) is 0. The zero-order valence-electron chi connectivity index (χ0n) is 10.6. The molecule has 1 fully saturated rings. The highest BCUT2D eigenvalue weighted by molar-refractivity contribution is 6.48. The van der Waals surface area contributed by atoms with Crippen LogP contribution in [0.3, 0.4) is 0 Å². The smallest absolute Gasteiger partial charge is 0.410 e. The Morgan fingerprint density at radius 3 is 2.68 bits per heavy atom. The molecule has 1 amide bonds. The van der Waals surface area contributed by atoms with E-state index < -0.39 is 4.33 Å². The highest BCUT2D eigenvalue weighted by atomic mass is 35.5. The average Bonchev–Trinajstić information content (AvgIpc) is 2.58. The molecule has 1 aromatic carbocycles. The lowest BCUT2D eigenvalue weighted by atomic mass is 10.2. The first-order chi connectivity index (χ1) is 9.07. The molecule has 3 nitrogen and oxygen atoms in total. The van der Waals surface area contributed by atoms with Crippen molar-refractivity contribution in [3.63, 3.8) is 0 Å². The summed E-state index contributed by atoms with van der Waals surface area (Å²) in [6, 6.07) is 9.63. The molecule has 0 spiro atoms. The van der Waals surface area contributed by atoms with Crippen molar-refractivity contribution in [1.29, 1.82) is 0 Å². The second-order valence-electron chi connectivity index (χ2n) is 4.74. The third kappa shape index (κ3) is 4.59. The van der Waals surface area contributed by atoms with Gasteiger partial charge in [-0.3, -0.25) is 0 Å². The predicted octanol–water partition coefficient (Wildman–Crippen LogP) is 3.98. The van der Waals surface area contributed by atoms with Gasteiger partial charge < -0.3 is 9.64 Å². The predicted molar refractivity (Wildman–Crippen MR) is 76.5 cm³/mol. The van der Waals surface area contributed by atoms with Crippen LogP contribution in [0.5, 0.6) is 0 Å². The Labute approximate surface area is 123 Å². The number of hydrogen-bond acceptors (Lipinski definition) is 2. The summed E-state index contributed by atoms with van der Waals surface area (Å²) >= 11 is 12.2. The van der Waals surface area contributed by atoms with Gasteiger partial charge in [0.15, 0.2) is 0 Å². The zero-order valence-corrected chi connectivity index (χ0v) is 12.2. The second-order valence-corrected chi connectivity index (χ2v) is 6.38. The van der Waals surface area contributed by atoms with Gasteiger partial charge in [-0.05, 0) is 24.8 Å². The van der Waals surface area contributed by atoms with Crippen LogP contribution in [0.25, 0.3) is 0 Å². The van der Waals surface area contributed by atoms with Crippen molar-refractivity contribution in [3.05, 3.63) is 35.9 Å². The first kappa shape index (κ1) is 14.5. The lowest BCUT2D eigenvalue weighted by molar-refractivity contribution is 0.0974. The first-order valence-electron chi connectivity index (χ1n) is 6.40.